The fourth-order valence-corrected chi connectivity index (χ4v) is 3.89. The molecule has 2 amide bonds. The number of hydrogen-bond acceptors (Lipinski definition) is 4. The molecule has 8 heteroatoms. The van der Waals surface area contributed by atoms with Crippen LogP contribution in [0, 0.1) is 0 Å². The Balaban J connectivity index is 0.00000196. The quantitative estimate of drug-likeness (QED) is 0.301. The van der Waals surface area contributed by atoms with Crippen LogP contribution in [0.25, 0.3) is 0 Å². The topological polar surface area (TPSA) is 83.0 Å². The zero-order valence-electron chi connectivity index (χ0n) is 14.6. The molecule has 1 aromatic carbocycles. The molecule has 26 heavy (non-hydrogen) atoms. The van der Waals surface area contributed by atoms with Crippen LogP contribution in [0.5, 0.6) is 0 Å². The number of carbonyl (C=O) groups is 2. The molecule has 1 aromatic rings. The van der Waals surface area contributed by atoms with Gasteiger partial charge in [-0.15, -0.1) is 24.0 Å². The number of imide groups is 1. The molecule has 0 aliphatic carbocycles. The summed E-state index contributed by atoms with van der Waals surface area (Å²) in [4.78, 5) is 30.2. The van der Waals surface area contributed by atoms with E-state index in [1.807, 2.05) is 0 Å². The maximum absolute atomic E-state index is 12.3. The second-order valence-electron chi connectivity index (χ2n) is 6.67. The number of guanidine groups is 1. The molecule has 2 saturated heterocycles. The summed E-state index contributed by atoms with van der Waals surface area (Å²) in [6, 6.07) is 7.21. The molecule has 140 valence electrons. The third kappa shape index (κ3) is 3.44. The average molecular weight is 470 g/mol. The van der Waals surface area contributed by atoms with Gasteiger partial charge in [0.2, 0.25) is 0 Å². The third-order valence-electron chi connectivity index (χ3n) is 5.16. The minimum atomic E-state index is -0.230. The van der Waals surface area contributed by atoms with Crippen LogP contribution >= 0.6 is 24.0 Å². The molecule has 2 fully saturated rings. The van der Waals surface area contributed by atoms with Gasteiger partial charge in [0.1, 0.15) is 0 Å². The fraction of sp³-hybridized carbons (Fsp3) is 0.500. The van der Waals surface area contributed by atoms with Crippen molar-refractivity contribution in [1.29, 1.82) is 0 Å². The molecule has 4 rings (SSSR count). The van der Waals surface area contributed by atoms with Crippen molar-refractivity contribution in [2.24, 2.45) is 4.99 Å². The van der Waals surface area contributed by atoms with Crippen molar-refractivity contribution in [3.8, 4) is 0 Å². The predicted molar refractivity (Wildman–Crippen MR) is 108 cm³/mol. The largest absolute Gasteiger partial charge is 0.373 e. The van der Waals surface area contributed by atoms with Crippen LogP contribution in [0.4, 0.5) is 0 Å². The lowest BCUT2D eigenvalue weighted by Crippen LogP contribution is -2.49. The van der Waals surface area contributed by atoms with Gasteiger partial charge in [0.15, 0.2) is 5.96 Å². The zero-order chi connectivity index (χ0) is 17.4. The highest BCUT2D eigenvalue weighted by Gasteiger charge is 2.41. The summed E-state index contributed by atoms with van der Waals surface area (Å²) in [5, 5.41) is 6.58. The molecule has 0 aromatic heterocycles. The first-order chi connectivity index (χ1) is 12.2. The van der Waals surface area contributed by atoms with Gasteiger partial charge in [-0.1, -0.05) is 12.1 Å². The Morgan fingerprint density at radius 3 is 2.46 bits per heavy atom. The summed E-state index contributed by atoms with van der Waals surface area (Å²) in [5.41, 5.74) is 0.961. The highest BCUT2D eigenvalue weighted by molar-refractivity contribution is 14.0. The lowest BCUT2D eigenvalue weighted by atomic mass is 9.96. The van der Waals surface area contributed by atoms with E-state index < -0.39 is 0 Å². The normalized spacial score (nSPS) is 26.7. The summed E-state index contributed by atoms with van der Waals surface area (Å²) in [6.07, 6.45) is 3.88. The Hall–Kier alpha value is -1.68. The summed E-state index contributed by atoms with van der Waals surface area (Å²) < 4.78 is 5.84. The summed E-state index contributed by atoms with van der Waals surface area (Å²) in [6.45, 7) is 0.757. The Labute approximate surface area is 169 Å². The third-order valence-corrected chi connectivity index (χ3v) is 5.16. The van der Waals surface area contributed by atoms with E-state index in [4.69, 9.17) is 4.74 Å². The van der Waals surface area contributed by atoms with Gasteiger partial charge in [0, 0.05) is 20.1 Å². The number of amides is 2. The molecule has 7 nitrogen and oxygen atoms in total. The van der Waals surface area contributed by atoms with E-state index in [-0.39, 0.29) is 47.9 Å². The maximum Gasteiger partial charge on any atom is 0.261 e. The first-order valence-electron chi connectivity index (χ1n) is 8.75. The van der Waals surface area contributed by atoms with Crippen LogP contribution in [-0.2, 0) is 4.74 Å². The minimum Gasteiger partial charge on any atom is -0.373 e. The van der Waals surface area contributed by atoms with Crippen molar-refractivity contribution < 1.29 is 14.3 Å². The van der Waals surface area contributed by atoms with Crippen molar-refractivity contribution in [3.05, 3.63) is 35.4 Å². The minimum absolute atomic E-state index is 0. The number of nitrogens with one attached hydrogen (secondary N) is 2. The van der Waals surface area contributed by atoms with E-state index in [9.17, 15) is 9.59 Å². The van der Waals surface area contributed by atoms with E-state index in [0.29, 0.717) is 36.3 Å². The molecule has 2 bridgehead atoms. The van der Waals surface area contributed by atoms with Gasteiger partial charge in [-0.3, -0.25) is 19.5 Å². The first-order valence-corrected chi connectivity index (χ1v) is 8.75. The summed E-state index contributed by atoms with van der Waals surface area (Å²) in [5.74, 6) is 0.219. The molecule has 3 aliphatic rings. The number of halogens is 1. The number of rotatable bonds is 4. The predicted octanol–water partition coefficient (Wildman–Crippen LogP) is 1.39. The molecule has 3 aliphatic heterocycles. The van der Waals surface area contributed by atoms with Crippen LogP contribution < -0.4 is 10.6 Å². The lowest BCUT2D eigenvalue weighted by Gasteiger charge is -2.23. The molecule has 0 spiro atoms. The van der Waals surface area contributed by atoms with Crippen LogP contribution in [0.2, 0.25) is 0 Å². The lowest BCUT2D eigenvalue weighted by molar-refractivity contribution is 0.0657. The standard InChI is InChI=1S/C18H22N4O3.HI/c1-19-18(21-14-10-11-6-7-15(14)25-11)20-8-9-22-16(23)12-4-2-3-5-13(12)17(22)24;/h2-5,11,14-15H,6-10H2,1H3,(H2,19,20,21);1H. The SMILES string of the molecule is CN=C(NCCN1C(=O)c2ccccc2C1=O)NC1CC2CCC1O2.I. The highest BCUT2D eigenvalue weighted by atomic mass is 127. The molecular weight excluding hydrogens is 447 g/mol. The van der Waals surface area contributed by atoms with Gasteiger partial charge >= 0.3 is 0 Å². The van der Waals surface area contributed by atoms with Crippen molar-refractivity contribution in [2.45, 2.75) is 37.5 Å². The number of carbonyl (C=O) groups excluding carboxylic acids is 2. The van der Waals surface area contributed by atoms with Gasteiger partial charge in [0.25, 0.3) is 11.8 Å². The Morgan fingerprint density at radius 2 is 1.92 bits per heavy atom. The second kappa shape index (κ2) is 7.91. The number of nitrogens with zero attached hydrogens (tertiary/aromatic N) is 2. The zero-order valence-corrected chi connectivity index (χ0v) is 16.9. The Bertz CT molecular complexity index is 704. The number of fused-ring (bicyclic) bond motifs is 3. The van der Waals surface area contributed by atoms with Gasteiger partial charge in [-0.05, 0) is 31.4 Å². The summed E-state index contributed by atoms with van der Waals surface area (Å²) >= 11 is 0. The van der Waals surface area contributed by atoms with E-state index >= 15 is 0 Å². The average Bonchev–Trinajstić information content (AvgIpc) is 3.31. The number of benzene rings is 1. The van der Waals surface area contributed by atoms with Gasteiger partial charge < -0.3 is 15.4 Å². The molecule has 2 N–H and O–H groups in total. The molecular formula is C18H23IN4O3. The van der Waals surface area contributed by atoms with Crippen LogP contribution in [0.15, 0.2) is 29.3 Å². The number of hydrogen-bond donors (Lipinski definition) is 2. The van der Waals surface area contributed by atoms with Crippen molar-refractivity contribution >= 4 is 41.8 Å². The first kappa shape index (κ1) is 19.1. The molecule has 3 atom stereocenters. The van der Waals surface area contributed by atoms with Crippen molar-refractivity contribution in [3.63, 3.8) is 0 Å². The molecule has 3 heterocycles. The fourth-order valence-electron chi connectivity index (χ4n) is 3.89. The summed E-state index contributed by atoms with van der Waals surface area (Å²) in [7, 11) is 1.71. The van der Waals surface area contributed by atoms with Gasteiger partial charge in [-0.25, -0.2) is 0 Å². The molecule has 0 saturated carbocycles. The van der Waals surface area contributed by atoms with E-state index in [0.717, 1.165) is 19.3 Å². The Kier molecular flexibility index (Phi) is 5.81. The van der Waals surface area contributed by atoms with Gasteiger partial charge in [0.05, 0.1) is 29.4 Å². The Morgan fingerprint density at radius 1 is 1.23 bits per heavy atom. The van der Waals surface area contributed by atoms with Crippen LogP contribution in [0.1, 0.15) is 40.0 Å². The maximum atomic E-state index is 12.3. The highest BCUT2D eigenvalue weighted by Crippen LogP contribution is 2.34. The number of ether oxygens (including phenoxy) is 1. The monoisotopic (exact) mass is 470 g/mol. The van der Waals surface area contributed by atoms with Crippen molar-refractivity contribution in [2.75, 3.05) is 20.1 Å². The molecule has 0 radical (unpaired) electrons. The smallest absolute Gasteiger partial charge is 0.261 e. The van der Waals surface area contributed by atoms with Gasteiger partial charge in [-0.2, -0.15) is 0 Å². The number of aliphatic imine (C=N–C) groups is 1. The van der Waals surface area contributed by atoms with Crippen molar-refractivity contribution in [1.82, 2.24) is 15.5 Å². The molecule has 3 unspecified atom stereocenters. The van der Waals surface area contributed by atoms with Crippen LogP contribution in [-0.4, -0.2) is 61.1 Å². The van der Waals surface area contributed by atoms with E-state index in [1.54, 1.807) is 31.3 Å². The second-order valence-corrected chi connectivity index (χ2v) is 6.67. The van der Waals surface area contributed by atoms with Crippen LogP contribution in [0.3, 0.4) is 0 Å². The van der Waals surface area contributed by atoms with E-state index in [1.165, 1.54) is 4.90 Å². The van der Waals surface area contributed by atoms with E-state index in [2.05, 4.69) is 15.6 Å².